The topological polar surface area (TPSA) is 40.5 Å². The molecule has 3 heteroatoms. The SMILES string of the molecule is CN(C)CCCCCCCCCCCCCC(=O)O. The molecule has 0 bridgehead atoms. The first-order valence-electron chi connectivity index (χ1n) is 7.99. The van der Waals surface area contributed by atoms with Crippen molar-refractivity contribution in [2.75, 3.05) is 20.6 Å². The zero-order chi connectivity index (χ0) is 14.3. The van der Waals surface area contributed by atoms with Crippen molar-refractivity contribution in [3.8, 4) is 0 Å². The lowest BCUT2D eigenvalue weighted by atomic mass is 10.1. The number of carbonyl (C=O) groups is 1. The van der Waals surface area contributed by atoms with Crippen molar-refractivity contribution in [1.82, 2.24) is 4.90 Å². The van der Waals surface area contributed by atoms with Crippen molar-refractivity contribution in [1.29, 1.82) is 0 Å². The van der Waals surface area contributed by atoms with Crippen molar-refractivity contribution < 1.29 is 9.90 Å². The average Bonchev–Trinajstić information content (AvgIpc) is 2.34. The fraction of sp³-hybridized carbons (Fsp3) is 0.938. The van der Waals surface area contributed by atoms with Gasteiger partial charge >= 0.3 is 5.97 Å². The summed E-state index contributed by atoms with van der Waals surface area (Å²) in [6, 6.07) is 0. The molecule has 0 atom stereocenters. The third kappa shape index (κ3) is 17.4. The van der Waals surface area contributed by atoms with E-state index in [0.29, 0.717) is 6.42 Å². The molecule has 0 rings (SSSR count). The van der Waals surface area contributed by atoms with Crippen LogP contribution >= 0.6 is 0 Å². The van der Waals surface area contributed by atoms with Crippen molar-refractivity contribution >= 4 is 5.97 Å². The second-order valence-electron chi connectivity index (χ2n) is 5.84. The first-order chi connectivity index (χ1) is 9.13. The molecular formula is C16H33NO2. The number of unbranched alkanes of at least 4 members (excludes halogenated alkanes) is 10. The summed E-state index contributed by atoms with van der Waals surface area (Å²) < 4.78 is 0. The quantitative estimate of drug-likeness (QED) is 0.478. The van der Waals surface area contributed by atoms with Crippen LogP contribution in [0.3, 0.4) is 0 Å². The molecule has 1 N–H and O–H groups in total. The molecule has 19 heavy (non-hydrogen) atoms. The highest BCUT2D eigenvalue weighted by molar-refractivity contribution is 5.66. The van der Waals surface area contributed by atoms with Gasteiger partial charge in [-0.2, -0.15) is 0 Å². The summed E-state index contributed by atoms with van der Waals surface area (Å²) in [6.07, 6.45) is 14.3. The van der Waals surface area contributed by atoms with Crippen molar-refractivity contribution in [3.05, 3.63) is 0 Å². The molecule has 0 fully saturated rings. The normalized spacial score (nSPS) is 11.1. The van der Waals surface area contributed by atoms with Gasteiger partial charge in [-0.25, -0.2) is 0 Å². The van der Waals surface area contributed by atoms with E-state index in [1.807, 2.05) is 0 Å². The predicted octanol–water partition coefficient (Wildman–Crippen LogP) is 4.31. The molecule has 0 amide bonds. The summed E-state index contributed by atoms with van der Waals surface area (Å²) in [6.45, 7) is 1.22. The maximum Gasteiger partial charge on any atom is 0.303 e. The second kappa shape index (κ2) is 13.9. The maximum atomic E-state index is 10.3. The Kier molecular flexibility index (Phi) is 13.4. The van der Waals surface area contributed by atoms with Crippen LogP contribution in [0.25, 0.3) is 0 Å². The number of hydrogen-bond acceptors (Lipinski definition) is 2. The number of hydrogen-bond donors (Lipinski definition) is 1. The van der Waals surface area contributed by atoms with E-state index in [0.717, 1.165) is 12.8 Å². The van der Waals surface area contributed by atoms with Gasteiger partial charge < -0.3 is 10.0 Å². The molecular weight excluding hydrogens is 238 g/mol. The van der Waals surface area contributed by atoms with Gasteiger partial charge in [0.1, 0.15) is 0 Å². The Balaban J connectivity index is 2.97. The first kappa shape index (κ1) is 18.4. The third-order valence-corrected chi connectivity index (χ3v) is 3.50. The lowest BCUT2D eigenvalue weighted by Crippen LogP contribution is -2.12. The molecule has 0 aromatic carbocycles. The van der Waals surface area contributed by atoms with Crippen LogP contribution in [0.5, 0.6) is 0 Å². The van der Waals surface area contributed by atoms with E-state index in [4.69, 9.17) is 5.11 Å². The Morgan fingerprint density at radius 2 is 1.11 bits per heavy atom. The lowest BCUT2D eigenvalue weighted by Gasteiger charge is -2.08. The van der Waals surface area contributed by atoms with Crippen LogP contribution in [0.4, 0.5) is 0 Å². The highest BCUT2D eigenvalue weighted by Gasteiger charge is 1.97. The monoisotopic (exact) mass is 271 g/mol. The highest BCUT2D eigenvalue weighted by Crippen LogP contribution is 2.11. The Labute approximate surface area is 119 Å². The van der Waals surface area contributed by atoms with Crippen LogP contribution < -0.4 is 0 Å². The van der Waals surface area contributed by atoms with E-state index in [-0.39, 0.29) is 0 Å². The van der Waals surface area contributed by atoms with Gasteiger partial charge in [0.25, 0.3) is 0 Å². The van der Waals surface area contributed by atoms with E-state index in [2.05, 4.69) is 19.0 Å². The first-order valence-corrected chi connectivity index (χ1v) is 7.99. The largest absolute Gasteiger partial charge is 0.481 e. The molecule has 0 aromatic rings. The molecule has 114 valence electrons. The van der Waals surface area contributed by atoms with Gasteiger partial charge in [-0.3, -0.25) is 4.79 Å². The van der Waals surface area contributed by atoms with E-state index in [1.54, 1.807) is 0 Å². The van der Waals surface area contributed by atoms with E-state index < -0.39 is 5.97 Å². The van der Waals surface area contributed by atoms with Crippen LogP contribution in [0.2, 0.25) is 0 Å². The highest BCUT2D eigenvalue weighted by atomic mass is 16.4. The Bertz CT molecular complexity index is 205. The zero-order valence-corrected chi connectivity index (χ0v) is 13.0. The zero-order valence-electron chi connectivity index (χ0n) is 13.0. The molecule has 0 aliphatic heterocycles. The number of carboxylic acids is 1. The van der Waals surface area contributed by atoms with Gasteiger partial charge in [-0.05, 0) is 33.5 Å². The molecule has 0 saturated heterocycles. The smallest absolute Gasteiger partial charge is 0.303 e. The van der Waals surface area contributed by atoms with Gasteiger partial charge in [-0.1, -0.05) is 57.8 Å². The number of carboxylic acid groups (broad SMARTS) is 1. The van der Waals surface area contributed by atoms with Crippen LogP contribution in [-0.2, 0) is 4.79 Å². The number of aliphatic carboxylic acids is 1. The minimum atomic E-state index is -0.658. The molecule has 0 saturated carbocycles. The molecule has 0 heterocycles. The van der Waals surface area contributed by atoms with Crippen molar-refractivity contribution in [3.63, 3.8) is 0 Å². The minimum absolute atomic E-state index is 0.340. The second-order valence-corrected chi connectivity index (χ2v) is 5.84. The lowest BCUT2D eigenvalue weighted by molar-refractivity contribution is -0.137. The Hall–Kier alpha value is -0.570. The maximum absolute atomic E-state index is 10.3. The molecule has 3 nitrogen and oxygen atoms in total. The number of nitrogens with zero attached hydrogens (tertiary/aromatic N) is 1. The predicted molar refractivity (Wildman–Crippen MR) is 81.6 cm³/mol. The van der Waals surface area contributed by atoms with Gasteiger partial charge in [0.2, 0.25) is 0 Å². The van der Waals surface area contributed by atoms with Gasteiger partial charge in [-0.15, -0.1) is 0 Å². The van der Waals surface area contributed by atoms with Crippen LogP contribution in [0.15, 0.2) is 0 Å². The summed E-state index contributed by atoms with van der Waals surface area (Å²) in [5.41, 5.74) is 0. The molecule has 0 aromatic heterocycles. The van der Waals surface area contributed by atoms with Crippen LogP contribution in [0, 0.1) is 0 Å². The molecule has 0 spiro atoms. The standard InChI is InChI=1S/C16H33NO2/c1-17(2)15-13-11-9-7-5-3-4-6-8-10-12-14-16(18)19/h3-15H2,1-2H3,(H,18,19). The molecule has 0 radical (unpaired) electrons. The average molecular weight is 271 g/mol. The van der Waals surface area contributed by atoms with E-state index in [9.17, 15) is 4.79 Å². The van der Waals surface area contributed by atoms with Gasteiger partial charge in [0.15, 0.2) is 0 Å². The number of rotatable bonds is 14. The summed E-state index contributed by atoms with van der Waals surface area (Å²) in [7, 11) is 4.27. The summed E-state index contributed by atoms with van der Waals surface area (Å²) >= 11 is 0. The Morgan fingerprint density at radius 3 is 1.47 bits per heavy atom. The molecule has 0 aliphatic rings. The molecule has 0 aliphatic carbocycles. The summed E-state index contributed by atoms with van der Waals surface area (Å²) in [5, 5.41) is 8.50. The van der Waals surface area contributed by atoms with E-state index >= 15 is 0 Å². The fourth-order valence-corrected chi connectivity index (χ4v) is 2.30. The molecule has 0 unspecified atom stereocenters. The van der Waals surface area contributed by atoms with Gasteiger partial charge in [0, 0.05) is 6.42 Å². The summed E-state index contributed by atoms with van der Waals surface area (Å²) in [5.74, 6) is -0.658. The minimum Gasteiger partial charge on any atom is -0.481 e. The van der Waals surface area contributed by atoms with Crippen LogP contribution in [0.1, 0.15) is 77.0 Å². The van der Waals surface area contributed by atoms with Crippen LogP contribution in [-0.4, -0.2) is 36.6 Å². The Morgan fingerprint density at radius 1 is 0.737 bits per heavy atom. The van der Waals surface area contributed by atoms with Gasteiger partial charge in [0.05, 0.1) is 0 Å². The fourth-order valence-electron chi connectivity index (χ4n) is 2.30. The summed E-state index contributed by atoms with van der Waals surface area (Å²) in [4.78, 5) is 12.6. The third-order valence-electron chi connectivity index (χ3n) is 3.50. The van der Waals surface area contributed by atoms with E-state index in [1.165, 1.54) is 64.3 Å². The van der Waals surface area contributed by atoms with Crippen molar-refractivity contribution in [2.24, 2.45) is 0 Å². The van der Waals surface area contributed by atoms with Crippen molar-refractivity contribution in [2.45, 2.75) is 77.0 Å².